The van der Waals surface area contributed by atoms with Gasteiger partial charge in [0.05, 0.1) is 4.92 Å². The van der Waals surface area contributed by atoms with Crippen molar-refractivity contribution < 1.29 is 14.8 Å². The number of ketones is 1. The van der Waals surface area contributed by atoms with Crippen molar-refractivity contribution in [2.24, 2.45) is 0 Å². The number of phenols is 1. The van der Waals surface area contributed by atoms with Crippen LogP contribution in [0.3, 0.4) is 0 Å². The number of benzene rings is 2. The largest absolute Gasteiger partial charge is 0.502 e. The van der Waals surface area contributed by atoms with E-state index in [-0.39, 0.29) is 5.78 Å². The Morgan fingerprint density at radius 3 is 2.67 bits per heavy atom. The highest BCUT2D eigenvalue weighted by atomic mass is 35.5. The molecule has 6 heteroatoms. The fraction of sp³-hybridized carbons (Fsp3) is 0. The number of nitro groups is 1. The first-order chi connectivity index (χ1) is 9.97. The van der Waals surface area contributed by atoms with E-state index < -0.39 is 16.4 Å². The highest BCUT2D eigenvalue weighted by Crippen LogP contribution is 2.26. The number of nitrogens with zero attached hydrogens (tertiary/aromatic N) is 1. The van der Waals surface area contributed by atoms with Gasteiger partial charge in [-0.2, -0.15) is 0 Å². The molecular formula is C15H10ClNO4. The van der Waals surface area contributed by atoms with Gasteiger partial charge in [-0.15, -0.1) is 0 Å². The Labute approximate surface area is 125 Å². The van der Waals surface area contributed by atoms with Crippen LogP contribution >= 0.6 is 11.6 Å². The average Bonchev–Trinajstić information content (AvgIpc) is 2.45. The predicted molar refractivity (Wildman–Crippen MR) is 79.6 cm³/mol. The summed E-state index contributed by atoms with van der Waals surface area (Å²) in [7, 11) is 0. The molecule has 0 saturated carbocycles. The zero-order valence-electron chi connectivity index (χ0n) is 10.7. The third-order valence-corrected chi connectivity index (χ3v) is 2.97. The molecule has 2 aromatic rings. The molecule has 0 spiro atoms. The molecule has 0 fully saturated rings. The summed E-state index contributed by atoms with van der Waals surface area (Å²) in [6, 6.07) is 10.4. The van der Waals surface area contributed by atoms with Gasteiger partial charge in [-0.05, 0) is 29.8 Å². The van der Waals surface area contributed by atoms with E-state index in [2.05, 4.69) is 0 Å². The zero-order valence-corrected chi connectivity index (χ0v) is 11.4. The molecule has 0 aliphatic rings. The number of hydrogen-bond acceptors (Lipinski definition) is 4. The minimum Gasteiger partial charge on any atom is -0.502 e. The monoisotopic (exact) mass is 303 g/mol. The van der Waals surface area contributed by atoms with Crippen LogP contribution in [0, 0.1) is 10.1 Å². The second-order valence-electron chi connectivity index (χ2n) is 4.21. The van der Waals surface area contributed by atoms with Crippen LogP contribution in [0.2, 0.25) is 5.02 Å². The van der Waals surface area contributed by atoms with Crippen LogP contribution in [0.4, 0.5) is 5.69 Å². The van der Waals surface area contributed by atoms with Crippen molar-refractivity contribution in [2.45, 2.75) is 0 Å². The number of rotatable bonds is 4. The standard InChI is InChI=1S/C15H10ClNO4/c16-12-3-1-2-11(9-12)14(18)6-4-10-5-7-15(19)13(8-10)17(20)21/h1-9,19H. The first-order valence-electron chi connectivity index (χ1n) is 5.93. The van der Waals surface area contributed by atoms with E-state index in [1.165, 1.54) is 36.4 Å². The van der Waals surface area contributed by atoms with Gasteiger partial charge in [0.1, 0.15) is 0 Å². The Hall–Kier alpha value is -2.66. The lowest BCUT2D eigenvalue weighted by Gasteiger charge is -1.98. The number of allylic oxidation sites excluding steroid dienone is 1. The van der Waals surface area contributed by atoms with E-state index >= 15 is 0 Å². The van der Waals surface area contributed by atoms with E-state index in [4.69, 9.17) is 11.6 Å². The molecule has 106 valence electrons. The van der Waals surface area contributed by atoms with E-state index in [9.17, 15) is 20.0 Å². The average molecular weight is 304 g/mol. The molecule has 0 unspecified atom stereocenters. The molecule has 2 rings (SSSR count). The molecule has 2 aromatic carbocycles. The van der Waals surface area contributed by atoms with Gasteiger partial charge < -0.3 is 5.11 Å². The quantitative estimate of drug-likeness (QED) is 0.402. The van der Waals surface area contributed by atoms with Crippen molar-refractivity contribution in [1.29, 1.82) is 0 Å². The molecule has 0 aliphatic heterocycles. The maximum absolute atomic E-state index is 11.9. The number of carbonyl (C=O) groups excluding carboxylic acids is 1. The molecule has 0 saturated heterocycles. The van der Waals surface area contributed by atoms with E-state index in [1.807, 2.05) is 0 Å². The summed E-state index contributed by atoms with van der Waals surface area (Å²) in [5.74, 6) is -0.688. The number of phenolic OH excluding ortho intramolecular Hbond substituents is 1. The number of aromatic hydroxyl groups is 1. The number of hydrogen-bond donors (Lipinski definition) is 1. The van der Waals surface area contributed by atoms with Gasteiger partial charge in [-0.1, -0.05) is 35.9 Å². The first-order valence-corrected chi connectivity index (χ1v) is 6.30. The van der Waals surface area contributed by atoms with Gasteiger partial charge in [-0.25, -0.2) is 0 Å². The Kier molecular flexibility index (Phi) is 4.35. The second kappa shape index (κ2) is 6.19. The van der Waals surface area contributed by atoms with Crippen molar-refractivity contribution in [3.05, 3.63) is 74.8 Å². The molecule has 0 aliphatic carbocycles. The lowest BCUT2D eigenvalue weighted by molar-refractivity contribution is -0.385. The third kappa shape index (κ3) is 3.67. The fourth-order valence-corrected chi connectivity index (χ4v) is 1.89. The maximum Gasteiger partial charge on any atom is 0.311 e. The minimum absolute atomic E-state index is 0.270. The van der Waals surface area contributed by atoms with Gasteiger partial charge in [0.25, 0.3) is 0 Å². The summed E-state index contributed by atoms with van der Waals surface area (Å²) in [5.41, 5.74) is 0.453. The van der Waals surface area contributed by atoms with Crippen molar-refractivity contribution in [3.63, 3.8) is 0 Å². The number of halogens is 1. The third-order valence-electron chi connectivity index (χ3n) is 2.73. The van der Waals surface area contributed by atoms with Crippen LogP contribution in [0.15, 0.2) is 48.5 Å². The number of nitro benzene ring substituents is 1. The van der Waals surface area contributed by atoms with Gasteiger partial charge in [0.15, 0.2) is 11.5 Å². The summed E-state index contributed by atoms with van der Waals surface area (Å²) in [6.45, 7) is 0. The van der Waals surface area contributed by atoms with Crippen LogP contribution in [-0.2, 0) is 0 Å². The fourth-order valence-electron chi connectivity index (χ4n) is 1.70. The molecule has 0 amide bonds. The molecule has 0 atom stereocenters. The lowest BCUT2D eigenvalue weighted by Crippen LogP contribution is -1.93. The highest BCUT2D eigenvalue weighted by Gasteiger charge is 2.12. The minimum atomic E-state index is -0.689. The second-order valence-corrected chi connectivity index (χ2v) is 4.65. The van der Waals surface area contributed by atoms with Crippen LogP contribution in [0.25, 0.3) is 6.08 Å². The van der Waals surface area contributed by atoms with E-state index in [0.717, 1.165) is 0 Å². The van der Waals surface area contributed by atoms with Crippen LogP contribution in [-0.4, -0.2) is 15.8 Å². The van der Waals surface area contributed by atoms with Crippen molar-refractivity contribution in [2.75, 3.05) is 0 Å². The van der Waals surface area contributed by atoms with Crippen molar-refractivity contribution in [1.82, 2.24) is 0 Å². The maximum atomic E-state index is 11.9. The lowest BCUT2D eigenvalue weighted by atomic mass is 10.1. The predicted octanol–water partition coefficient (Wildman–Crippen LogP) is 3.85. The van der Waals surface area contributed by atoms with E-state index in [0.29, 0.717) is 16.1 Å². The highest BCUT2D eigenvalue weighted by molar-refractivity contribution is 6.31. The van der Waals surface area contributed by atoms with Crippen LogP contribution in [0.5, 0.6) is 5.75 Å². The molecular weight excluding hydrogens is 294 g/mol. The summed E-state index contributed by atoms with van der Waals surface area (Å²) in [4.78, 5) is 21.9. The van der Waals surface area contributed by atoms with Gasteiger partial charge >= 0.3 is 5.69 Å². The Balaban J connectivity index is 2.23. The van der Waals surface area contributed by atoms with Gasteiger partial charge in [0.2, 0.25) is 0 Å². The van der Waals surface area contributed by atoms with Gasteiger partial charge in [-0.3, -0.25) is 14.9 Å². The van der Waals surface area contributed by atoms with Crippen LogP contribution in [0.1, 0.15) is 15.9 Å². The first kappa shape index (κ1) is 14.7. The molecule has 0 bridgehead atoms. The molecule has 1 N–H and O–H groups in total. The van der Waals surface area contributed by atoms with Crippen molar-refractivity contribution in [3.8, 4) is 5.75 Å². The summed E-state index contributed by atoms with van der Waals surface area (Å²) >= 11 is 5.80. The topological polar surface area (TPSA) is 80.4 Å². The summed E-state index contributed by atoms with van der Waals surface area (Å²) in [6.07, 6.45) is 2.73. The summed E-state index contributed by atoms with van der Waals surface area (Å²) in [5, 5.41) is 20.5. The molecule has 0 heterocycles. The molecule has 0 aromatic heterocycles. The zero-order chi connectivity index (χ0) is 15.4. The Morgan fingerprint density at radius 2 is 2.00 bits per heavy atom. The molecule has 5 nitrogen and oxygen atoms in total. The molecule has 0 radical (unpaired) electrons. The molecule has 21 heavy (non-hydrogen) atoms. The summed E-state index contributed by atoms with van der Waals surface area (Å²) < 4.78 is 0. The van der Waals surface area contributed by atoms with Gasteiger partial charge in [0, 0.05) is 16.7 Å². The normalized spacial score (nSPS) is 10.7. The van der Waals surface area contributed by atoms with Crippen LogP contribution < -0.4 is 0 Å². The Morgan fingerprint density at radius 1 is 1.24 bits per heavy atom. The van der Waals surface area contributed by atoms with E-state index in [1.54, 1.807) is 18.2 Å². The number of carbonyl (C=O) groups is 1. The SMILES string of the molecule is O=C(C=Cc1ccc(O)c([N+](=O)[O-])c1)c1cccc(Cl)c1. The smallest absolute Gasteiger partial charge is 0.311 e. The van der Waals surface area contributed by atoms with Crippen molar-refractivity contribution >= 4 is 29.1 Å². The Bertz CT molecular complexity index is 740.